The monoisotopic (exact) mass is 872 g/mol. The molecule has 0 radical (unpaired) electrons. The van der Waals surface area contributed by atoms with Gasteiger partial charge in [0.05, 0.1) is 0 Å². The summed E-state index contributed by atoms with van der Waals surface area (Å²) in [5, 5.41) is 4.97. The van der Waals surface area contributed by atoms with E-state index in [1.807, 2.05) is 45.3 Å². The highest BCUT2D eigenvalue weighted by atomic mass is 32.1. The van der Waals surface area contributed by atoms with Crippen molar-refractivity contribution in [1.29, 1.82) is 0 Å². The van der Waals surface area contributed by atoms with Crippen LogP contribution in [0.5, 0.6) is 0 Å². The number of aryl methyl sites for hydroxylation is 6. The van der Waals surface area contributed by atoms with Gasteiger partial charge in [-0.2, -0.15) is 0 Å². The van der Waals surface area contributed by atoms with Gasteiger partial charge in [-0.15, -0.1) is 45.3 Å². The van der Waals surface area contributed by atoms with E-state index >= 15 is 0 Å². The third-order valence-corrected chi connectivity index (χ3v) is 17.4. The van der Waals surface area contributed by atoms with E-state index in [1.165, 1.54) is 112 Å². The molecule has 0 saturated heterocycles. The molecule has 0 aliphatic carbocycles. The Morgan fingerprint density at radius 3 is 1.33 bits per heavy atom. The molecule has 1 atom stereocenters. The van der Waals surface area contributed by atoms with E-state index < -0.39 is 0 Å². The molecule has 0 N–H and O–H groups in total. The van der Waals surface area contributed by atoms with Crippen molar-refractivity contribution >= 4 is 82.3 Å². The minimum atomic E-state index is 0.535. The molecule has 0 aliphatic heterocycles. The minimum Gasteiger partial charge on any atom is -0.293 e. The molecule has 0 aliphatic rings. The highest BCUT2D eigenvalue weighted by Gasteiger charge is 2.24. The first-order valence-electron chi connectivity index (χ1n) is 21.3. The lowest BCUT2D eigenvalue weighted by Gasteiger charge is -2.23. The Morgan fingerprint density at radius 1 is 0.475 bits per heavy atom. The topological polar surface area (TPSA) is 6.48 Å². The fourth-order valence-electron chi connectivity index (χ4n) is 8.11. The lowest BCUT2D eigenvalue weighted by atomic mass is 10.0. The van der Waals surface area contributed by atoms with Gasteiger partial charge in [0.2, 0.25) is 0 Å². The molecule has 0 amide bonds. The number of rotatable bonds is 12. The fraction of sp³-hybridized carbons (Fsp3) is 0.236. The number of benzene rings is 4. The third-order valence-electron chi connectivity index (χ3n) is 12.1. The summed E-state index contributed by atoms with van der Waals surface area (Å²) in [6, 6.07) is 45.4. The van der Waals surface area contributed by atoms with Gasteiger partial charge in [0.25, 0.3) is 0 Å². The van der Waals surface area contributed by atoms with Gasteiger partial charge in [-0.25, -0.2) is 0 Å². The van der Waals surface area contributed by atoms with Crippen molar-refractivity contribution in [3.05, 3.63) is 170 Å². The molecule has 0 bridgehead atoms. The number of nitrogens with zero attached hydrogens (tertiary/aromatic N) is 2. The first-order valence-corrected chi connectivity index (χ1v) is 24.6. The molecule has 61 heavy (non-hydrogen) atoms. The van der Waals surface area contributed by atoms with Crippen molar-refractivity contribution < 1.29 is 0 Å². The quantitative estimate of drug-likeness (QED) is 0.121. The summed E-state index contributed by atoms with van der Waals surface area (Å²) in [5.74, 6) is 0.535. The summed E-state index contributed by atoms with van der Waals surface area (Å²) >= 11 is 7.59. The molecule has 8 aromatic rings. The summed E-state index contributed by atoms with van der Waals surface area (Å²) in [4.78, 5) is 10.5. The Balaban J connectivity index is 1.17. The van der Waals surface area contributed by atoms with E-state index in [0.717, 1.165) is 12.1 Å². The van der Waals surface area contributed by atoms with E-state index in [-0.39, 0.29) is 0 Å². The molecule has 4 aromatic heterocycles. The zero-order valence-electron chi connectivity index (χ0n) is 37.4. The Kier molecular flexibility index (Phi) is 12.4. The van der Waals surface area contributed by atoms with Crippen LogP contribution in [0, 0.1) is 41.5 Å². The highest BCUT2D eigenvalue weighted by molar-refractivity contribution is 7.22. The molecule has 1 unspecified atom stereocenters. The van der Waals surface area contributed by atoms with Crippen molar-refractivity contribution in [3.8, 4) is 32.0 Å². The van der Waals surface area contributed by atoms with Crippen LogP contribution in [-0.4, -0.2) is 0 Å². The largest absolute Gasteiger partial charge is 0.293 e. The van der Waals surface area contributed by atoms with Crippen LogP contribution >= 0.6 is 45.3 Å². The van der Waals surface area contributed by atoms with Gasteiger partial charge < -0.3 is 0 Å². The second-order valence-electron chi connectivity index (χ2n) is 16.8. The van der Waals surface area contributed by atoms with Crippen molar-refractivity contribution in [2.24, 2.45) is 0 Å². The molecule has 0 saturated carbocycles. The third kappa shape index (κ3) is 8.48. The Bertz CT molecular complexity index is 2760. The normalized spacial score (nSPS) is 11.9. The smallest absolute Gasteiger partial charge is 0.101 e. The molecule has 6 heteroatoms. The van der Waals surface area contributed by atoms with E-state index in [4.69, 9.17) is 0 Å². The first kappa shape index (κ1) is 42.7. The molecule has 310 valence electrons. The van der Waals surface area contributed by atoms with Crippen LogP contribution in [0.15, 0.2) is 127 Å². The number of hydrogen-bond donors (Lipinski definition) is 0. The molecule has 8 rings (SSSR count). The number of hydrogen-bond acceptors (Lipinski definition) is 6. The van der Waals surface area contributed by atoms with E-state index in [1.54, 1.807) is 0 Å². The maximum Gasteiger partial charge on any atom is 0.101 e. The Hall–Kier alpha value is -4.98. The summed E-state index contributed by atoms with van der Waals surface area (Å²) in [6.45, 7) is 24.8. The fourth-order valence-corrected chi connectivity index (χ4v) is 13.5. The van der Waals surface area contributed by atoms with Crippen LogP contribution in [0.1, 0.15) is 90.1 Å². The number of allylic oxidation sites excluding steroid dienone is 2. The van der Waals surface area contributed by atoms with Gasteiger partial charge in [0, 0.05) is 30.9 Å². The van der Waals surface area contributed by atoms with Crippen LogP contribution in [-0.2, 0) is 0 Å². The molecular formula is C55H56N2S4. The summed E-state index contributed by atoms with van der Waals surface area (Å²) in [7, 11) is 0. The SMILES string of the molecule is CCC(C)c1sc(N(c2ccc(-c3ccc(N(c4cc(C)c(-c5ccccc5C)s4)c4cc(C)c(-c5ccccc5C)s4)cc3)cc2)c2cc(C)c(C(C)=C(C)C)s2)cc1C. The second-order valence-corrected chi connectivity index (χ2v) is 20.9. The average molecular weight is 873 g/mol. The zero-order chi connectivity index (χ0) is 43.1. The van der Waals surface area contributed by atoms with Crippen molar-refractivity contribution in [1.82, 2.24) is 0 Å². The van der Waals surface area contributed by atoms with E-state index in [9.17, 15) is 0 Å². The van der Waals surface area contributed by atoms with Crippen LogP contribution < -0.4 is 9.80 Å². The number of anilines is 6. The highest BCUT2D eigenvalue weighted by Crippen LogP contribution is 2.50. The summed E-state index contributed by atoms with van der Waals surface area (Å²) < 4.78 is 0. The van der Waals surface area contributed by atoms with Crippen LogP contribution in [0.25, 0.3) is 37.6 Å². The molecule has 4 aromatic carbocycles. The lowest BCUT2D eigenvalue weighted by Crippen LogP contribution is -2.07. The maximum absolute atomic E-state index is 2.48. The molecule has 4 heterocycles. The molecular weight excluding hydrogens is 817 g/mol. The van der Waals surface area contributed by atoms with E-state index in [2.05, 4.69) is 207 Å². The molecule has 2 nitrogen and oxygen atoms in total. The predicted octanol–water partition coefficient (Wildman–Crippen LogP) is 19.1. The Morgan fingerprint density at radius 2 is 0.885 bits per heavy atom. The van der Waals surface area contributed by atoms with Gasteiger partial charge in [0.1, 0.15) is 20.0 Å². The lowest BCUT2D eigenvalue weighted by molar-refractivity contribution is 0.743. The molecule has 0 fully saturated rings. The van der Waals surface area contributed by atoms with Crippen molar-refractivity contribution in [2.75, 3.05) is 9.80 Å². The van der Waals surface area contributed by atoms with Crippen LogP contribution in [0.2, 0.25) is 0 Å². The average Bonchev–Trinajstić information content (AvgIpc) is 4.03. The van der Waals surface area contributed by atoms with E-state index in [0.29, 0.717) is 5.92 Å². The van der Waals surface area contributed by atoms with Gasteiger partial charge in [-0.05, 0) is 184 Å². The van der Waals surface area contributed by atoms with Gasteiger partial charge in [-0.3, -0.25) is 9.80 Å². The van der Waals surface area contributed by atoms with Crippen molar-refractivity contribution in [3.63, 3.8) is 0 Å². The van der Waals surface area contributed by atoms with Gasteiger partial charge in [0.15, 0.2) is 0 Å². The Labute approximate surface area is 380 Å². The maximum atomic E-state index is 2.48. The van der Waals surface area contributed by atoms with Crippen LogP contribution in [0.4, 0.5) is 31.4 Å². The minimum absolute atomic E-state index is 0.535. The first-order chi connectivity index (χ1) is 29.3. The molecule has 0 spiro atoms. The number of thiophene rings is 4. The van der Waals surface area contributed by atoms with Crippen LogP contribution in [0.3, 0.4) is 0 Å². The standard InChI is InChI=1S/C55H56N2S4/c1-12-34(4)52-37(7)29-48(58-52)56(49-30-38(8)53(59-49)41(11)33(2)3)44-25-21-42(22-26-44)43-23-27-45(28-24-43)57(50-31-39(9)54(60-50)46-19-15-13-17-35(46)5)51-32-40(10)55(61-51)47-20-16-14-18-36(47)6/h13-32,34H,12H2,1-11H3. The van der Waals surface area contributed by atoms with Gasteiger partial charge >= 0.3 is 0 Å². The predicted molar refractivity (Wildman–Crippen MR) is 275 cm³/mol. The second kappa shape index (κ2) is 17.8. The summed E-state index contributed by atoms with van der Waals surface area (Å²) in [5.41, 5.74) is 18.0. The van der Waals surface area contributed by atoms with Crippen molar-refractivity contribution in [2.45, 2.75) is 88.5 Å². The zero-order valence-corrected chi connectivity index (χ0v) is 40.6. The van der Waals surface area contributed by atoms with Gasteiger partial charge in [-0.1, -0.05) is 92.2 Å². The summed E-state index contributed by atoms with van der Waals surface area (Å²) in [6.07, 6.45) is 1.14.